The molecule has 170 valence electrons. The van der Waals surface area contributed by atoms with Gasteiger partial charge in [0.05, 0.1) is 39.4 Å². The molecule has 1 amide bonds. The number of aromatic nitrogens is 2. The van der Waals surface area contributed by atoms with E-state index in [1.165, 1.54) is 12.1 Å². The van der Waals surface area contributed by atoms with E-state index in [-0.39, 0.29) is 17.0 Å². The molecule has 2 aliphatic rings. The first kappa shape index (κ1) is 21.3. The number of non-ortho nitro benzene ring substituents is 1. The summed E-state index contributed by atoms with van der Waals surface area (Å²) in [7, 11) is 0. The smallest absolute Gasteiger partial charge is 0.271 e. The van der Waals surface area contributed by atoms with Gasteiger partial charge in [-0.25, -0.2) is 9.97 Å². The largest absolute Gasteiger partial charge is 0.494 e. The third-order valence-corrected chi connectivity index (χ3v) is 8.04. The number of carbonyl (C=O) groups excluding carboxylic acids is 1. The number of benzene rings is 2. The molecule has 1 aromatic heterocycles. The lowest BCUT2D eigenvalue weighted by Crippen LogP contribution is -2.48. The molecular formula is C25H26N4O4. The molecule has 2 aliphatic carbocycles. The number of nitro groups is 1. The van der Waals surface area contributed by atoms with E-state index in [0.29, 0.717) is 35.4 Å². The first-order valence-electron chi connectivity index (χ1n) is 11.2. The molecule has 8 nitrogen and oxygen atoms in total. The highest BCUT2D eigenvalue weighted by molar-refractivity contribution is 6.02. The van der Waals surface area contributed by atoms with Crippen molar-refractivity contribution >= 4 is 28.3 Å². The third-order valence-electron chi connectivity index (χ3n) is 8.04. The van der Waals surface area contributed by atoms with Crippen LogP contribution < -0.4 is 10.1 Å². The minimum atomic E-state index is -0.887. The summed E-state index contributed by atoms with van der Waals surface area (Å²) in [6.45, 7) is 8.85. The maximum absolute atomic E-state index is 13.9. The number of ether oxygens (including phenoxy) is 1. The first-order valence-corrected chi connectivity index (χ1v) is 11.2. The average molecular weight is 447 g/mol. The third kappa shape index (κ3) is 2.73. The van der Waals surface area contributed by atoms with Crippen molar-refractivity contribution in [3.63, 3.8) is 0 Å². The Bertz CT molecular complexity index is 1300. The van der Waals surface area contributed by atoms with Crippen molar-refractivity contribution in [3.8, 4) is 5.75 Å². The van der Waals surface area contributed by atoms with Gasteiger partial charge in [0, 0.05) is 23.2 Å². The second kappa shape index (κ2) is 6.97. The Morgan fingerprint density at radius 1 is 1.06 bits per heavy atom. The summed E-state index contributed by atoms with van der Waals surface area (Å²) < 4.78 is 5.49. The summed E-state index contributed by atoms with van der Waals surface area (Å²) in [5.74, 6) is 0.616. The molecule has 33 heavy (non-hydrogen) atoms. The van der Waals surface area contributed by atoms with E-state index in [9.17, 15) is 14.9 Å². The van der Waals surface area contributed by atoms with E-state index in [1.54, 1.807) is 6.07 Å². The molecule has 1 saturated carbocycles. The van der Waals surface area contributed by atoms with E-state index in [1.807, 2.05) is 31.2 Å². The van der Waals surface area contributed by atoms with Gasteiger partial charge in [-0.3, -0.25) is 14.9 Å². The fraction of sp³-hybridized carbons (Fsp3) is 0.400. The summed E-state index contributed by atoms with van der Waals surface area (Å²) in [6.07, 6.45) is 1.46. The lowest BCUT2D eigenvalue weighted by Gasteiger charge is -2.39. The molecule has 2 aromatic carbocycles. The van der Waals surface area contributed by atoms with Gasteiger partial charge in [-0.05, 0) is 55.5 Å². The van der Waals surface area contributed by atoms with E-state index in [2.05, 4.69) is 26.1 Å². The van der Waals surface area contributed by atoms with Gasteiger partial charge in [-0.2, -0.15) is 0 Å². The number of carbonyl (C=O) groups is 1. The van der Waals surface area contributed by atoms with Gasteiger partial charge in [0.15, 0.2) is 0 Å². The lowest BCUT2D eigenvalue weighted by molar-refractivity contribution is -0.384. The van der Waals surface area contributed by atoms with Crippen molar-refractivity contribution in [3.05, 3.63) is 64.0 Å². The summed E-state index contributed by atoms with van der Waals surface area (Å²) in [5, 5.41) is 14.4. The molecule has 1 heterocycles. The van der Waals surface area contributed by atoms with Crippen LogP contribution in [0.15, 0.2) is 42.5 Å². The molecule has 3 aromatic rings. The fourth-order valence-electron chi connectivity index (χ4n) is 5.74. The number of rotatable bonds is 5. The molecule has 0 radical (unpaired) electrons. The SMILES string of the molecule is CCOc1ccc(NC(=O)C23CCC(C)(c4nc5ccc([N+](=O)[O-])cc5nc42)C3(C)C)cc1. The molecule has 0 saturated heterocycles. The fourth-order valence-corrected chi connectivity index (χ4v) is 5.74. The van der Waals surface area contributed by atoms with Crippen molar-refractivity contribution in [1.82, 2.24) is 9.97 Å². The molecule has 2 unspecified atom stereocenters. The Balaban J connectivity index is 1.62. The molecule has 2 atom stereocenters. The number of hydrogen-bond donors (Lipinski definition) is 1. The van der Waals surface area contributed by atoms with Crippen LogP contribution in [0.25, 0.3) is 11.0 Å². The Morgan fingerprint density at radius 2 is 1.76 bits per heavy atom. The van der Waals surface area contributed by atoms with Gasteiger partial charge < -0.3 is 10.1 Å². The number of anilines is 1. The maximum atomic E-state index is 13.9. The summed E-state index contributed by atoms with van der Waals surface area (Å²) in [6, 6.07) is 11.8. The van der Waals surface area contributed by atoms with Crippen molar-refractivity contribution in [1.29, 1.82) is 0 Å². The number of amides is 1. The predicted molar refractivity (Wildman–Crippen MR) is 124 cm³/mol. The maximum Gasteiger partial charge on any atom is 0.271 e. The highest BCUT2D eigenvalue weighted by Crippen LogP contribution is 2.70. The zero-order valence-corrected chi connectivity index (χ0v) is 19.1. The quantitative estimate of drug-likeness (QED) is 0.441. The van der Waals surface area contributed by atoms with Crippen LogP contribution in [0.1, 0.15) is 51.9 Å². The van der Waals surface area contributed by atoms with E-state index in [4.69, 9.17) is 14.7 Å². The minimum Gasteiger partial charge on any atom is -0.494 e. The van der Waals surface area contributed by atoms with E-state index >= 15 is 0 Å². The molecule has 0 spiro atoms. The van der Waals surface area contributed by atoms with Gasteiger partial charge >= 0.3 is 0 Å². The lowest BCUT2D eigenvalue weighted by atomic mass is 9.63. The second-order valence-electron chi connectivity index (χ2n) is 9.62. The Hall–Kier alpha value is -3.55. The molecular weight excluding hydrogens is 420 g/mol. The van der Waals surface area contributed by atoms with Gasteiger partial charge in [0.25, 0.3) is 5.69 Å². The van der Waals surface area contributed by atoms with Crippen LogP contribution in [0.3, 0.4) is 0 Å². The van der Waals surface area contributed by atoms with Gasteiger partial charge in [0.1, 0.15) is 5.75 Å². The zero-order valence-electron chi connectivity index (χ0n) is 19.1. The Labute approximate surface area is 191 Å². The monoisotopic (exact) mass is 446 g/mol. The molecule has 2 bridgehead atoms. The molecule has 1 fully saturated rings. The van der Waals surface area contributed by atoms with Crippen LogP contribution in [0, 0.1) is 15.5 Å². The van der Waals surface area contributed by atoms with Gasteiger partial charge in [-0.1, -0.05) is 20.8 Å². The van der Waals surface area contributed by atoms with Crippen molar-refractivity contribution < 1.29 is 14.5 Å². The molecule has 8 heteroatoms. The Kier molecular flexibility index (Phi) is 4.50. The number of nitrogens with zero attached hydrogens (tertiary/aromatic N) is 3. The number of nitrogens with one attached hydrogen (secondary N) is 1. The van der Waals surface area contributed by atoms with Crippen LogP contribution in [-0.2, 0) is 15.6 Å². The number of hydrogen-bond acceptors (Lipinski definition) is 6. The standard InChI is InChI=1S/C25H26N4O4/c1-5-33-17-9-6-15(7-10-17)26-22(30)25-13-12-24(4,23(25,2)3)20-21(25)28-19-14-16(29(31)32)8-11-18(19)27-20/h6-11,14H,5,12-13H2,1-4H3,(H,26,30). The number of fused-ring (bicyclic) bond motifs is 6. The topological polar surface area (TPSA) is 107 Å². The van der Waals surface area contributed by atoms with Crippen LogP contribution in [0.2, 0.25) is 0 Å². The molecule has 1 N–H and O–H groups in total. The summed E-state index contributed by atoms with van der Waals surface area (Å²) in [5.41, 5.74) is 1.47. The summed E-state index contributed by atoms with van der Waals surface area (Å²) in [4.78, 5) is 34.5. The molecule has 5 rings (SSSR count). The van der Waals surface area contributed by atoms with Crippen LogP contribution in [-0.4, -0.2) is 27.4 Å². The van der Waals surface area contributed by atoms with Crippen molar-refractivity contribution in [2.45, 2.75) is 51.4 Å². The van der Waals surface area contributed by atoms with Crippen LogP contribution >= 0.6 is 0 Å². The number of nitro benzene ring substituents is 1. The normalized spacial score (nSPS) is 24.5. The van der Waals surface area contributed by atoms with Crippen LogP contribution in [0.4, 0.5) is 11.4 Å². The minimum absolute atomic E-state index is 0.0433. The van der Waals surface area contributed by atoms with Gasteiger partial charge in [-0.15, -0.1) is 0 Å². The van der Waals surface area contributed by atoms with Crippen molar-refractivity contribution in [2.75, 3.05) is 11.9 Å². The van der Waals surface area contributed by atoms with Crippen LogP contribution in [0.5, 0.6) is 5.75 Å². The van der Waals surface area contributed by atoms with Crippen molar-refractivity contribution in [2.24, 2.45) is 5.41 Å². The average Bonchev–Trinajstić information content (AvgIpc) is 3.08. The predicted octanol–water partition coefficient (Wildman–Crippen LogP) is 4.90. The second-order valence-corrected chi connectivity index (χ2v) is 9.62. The summed E-state index contributed by atoms with van der Waals surface area (Å²) >= 11 is 0. The highest BCUT2D eigenvalue weighted by Gasteiger charge is 2.73. The van der Waals surface area contributed by atoms with Gasteiger partial charge in [0.2, 0.25) is 5.91 Å². The van der Waals surface area contributed by atoms with E-state index < -0.39 is 15.8 Å². The Morgan fingerprint density at radius 3 is 2.42 bits per heavy atom. The first-order chi connectivity index (χ1) is 15.6. The zero-order chi connectivity index (χ0) is 23.6. The van der Waals surface area contributed by atoms with E-state index in [0.717, 1.165) is 17.9 Å². The molecule has 0 aliphatic heterocycles. The highest BCUT2D eigenvalue weighted by atomic mass is 16.6.